The van der Waals surface area contributed by atoms with E-state index in [2.05, 4.69) is 9.97 Å². The van der Waals surface area contributed by atoms with Gasteiger partial charge in [-0.1, -0.05) is 49.7 Å². The van der Waals surface area contributed by atoms with Crippen molar-refractivity contribution in [3.63, 3.8) is 0 Å². The lowest BCUT2D eigenvalue weighted by molar-refractivity contribution is 0.255. The van der Waals surface area contributed by atoms with Crippen LogP contribution >= 0.6 is 11.6 Å². The minimum Gasteiger partial charge on any atom is -0.494 e. The Kier molecular flexibility index (Phi) is 8.56. The van der Waals surface area contributed by atoms with Gasteiger partial charge >= 0.3 is 6.01 Å². The molecule has 0 N–H and O–H groups in total. The summed E-state index contributed by atoms with van der Waals surface area (Å²) in [5, 5.41) is 0.332. The number of benzene rings is 2. The van der Waals surface area contributed by atoms with Crippen LogP contribution in [-0.2, 0) is 13.2 Å². The average Bonchev–Trinajstić information content (AvgIpc) is 2.78. The van der Waals surface area contributed by atoms with Gasteiger partial charge in [0.15, 0.2) is 0 Å². The van der Waals surface area contributed by atoms with Crippen molar-refractivity contribution in [3.8, 4) is 23.4 Å². The first-order valence-corrected chi connectivity index (χ1v) is 11.1. The minimum atomic E-state index is 0.0954. The predicted molar refractivity (Wildman–Crippen MR) is 125 cm³/mol. The molecule has 0 unspecified atom stereocenters. The molecule has 7 heteroatoms. The van der Waals surface area contributed by atoms with Crippen LogP contribution in [0.5, 0.6) is 23.4 Å². The molecule has 0 aliphatic carbocycles. The normalized spacial score (nSPS) is 10.8. The monoisotopic (exact) mass is 456 g/mol. The molecule has 0 amide bonds. The van der Waals surface area contributed by atoms with Gasteiger partial charge in [-0.05, 0) is 55.2 Å². The third-order valence-electron chi connectivity index (χ3n) is 4.63. The molecule has 0 fully saturated rings. The van der Waals surface area contributed by atoms with E-state index in [9.17, 15) is 0 Å². The van der Waals surface area contributed by atoms with E-state index in [-0.39, 0.29) is 11.9 Å². The summed E-state index contributed by atoms with van der Waals surface area (Å²) in [4.78, 5) is 8.80. The van der Waals surface area contributed by atoms with E-state index in [0.717, 1.165) is 28.2 Å². The van der Waals surface area contributed by atoms with Crippen LogP contribution in [0, 0.1) is 0 Å². The Morgan fingerprint density at radius 2 is 1.22 bits per heavy atom. The highest BCUT2D eigenvalue weighted by Crippen LogP contribution is 2.33. The van der Waals surface area contributed by atoms with Crippen LogP contribution in [0.15, 0.2) is 48.5 Å². The van der Waals surface area contributed by atoms with E-state index >= 15 is 0 Å². The molecule has 170 valence electrons. The molecule has 1 heterocycles. The van der Waals surface area contributed by atoms with Crippen molar-refractivity contribution in [3.05, 3.63) is 70.4 Å². The molecule has 1 aromatic heterocycles. The van der Waals surface area contributed by atoms with Crippen molar-refractivity contribution in [1.29, 1.82) is 0 Å². The topological polar surface area (TPSA) is 62.7 Å². The molecule has 0 bridgehead atoms. The molecule has 0 radical (unpaired) electrons. The van der Waals surface area contributed by atoms with Crippen LogP contribution in [-0.4, -0.2) is 23.2 Å². The number of halogens is 1. The van der Waals surface area contributed by atoms with E-state index in [1.165, 1.54) is 0 Å². The fraction of sp³-hybridized carbons (Fsp3) is 0.360. The minimum absolute atomic E-state index is 0.0954. The van der Waals surface area contributed by atoms with Crippen molar-refractivity contribution < 1.29 is 18.9 Å². The Bertz CT molecular complexity index is 992. The van der Waals surface area contributed by atoms with Crippen LogP contribution in [0.2, 0.25) is 5.15 Å². The number of rotatable bonds is 11. The number of ether oxygens (including phenoxy) is 4. The van der Waals surface area contributed by atoms with Crippen LogP contribution in [0.4, 0.5) is 0 Å². The summed E-state index contributed by atoms with van der Waals surface area (Å²) in [6.07, 6.45) is 0. The van der Waals surface area contributed by atoms with Gasteiger partial charge in [-0.25, -0.2) is 0 Å². The lowest BCUT2D eigenvalue weighted by Crippen LogP contribution is -2.07. The zero-order valence-corrected chi connectivity index (χ0v) is 19.7. The summed E-state index contributed by atoms with van der Waals surface area (Å²) in [6, 6.07) is 15.6. The van der Waals surface area contributed by atoms with E-state index in [4.69, 9.17) is 30.5 Å². The van der Waals surface area contributed by atoms with Gasteiger partial charge in [0.1, 0.15) is 29.9 Å². The van der Waals surface area contributed by atoms with Gasteiger partial charge < -0.3 is 18.9 Å². The molecule has 0 aliphatic heterocycles. The molecule has 0 saturated carbocycles. The molecule has 32 heavy (non-hydrogen) atoms. The molecule has 3 aromatic rings. The summed E-state index contributed by atoms with van der Waals surface area (Å²) in [5.74, 6) is 2.17. The summed E-state index contributed by atoms with van der Waals surface area (Å²) < 4.78 is 22.8. The summed E-state index contributed by atoms with van der Waals surface area (Å²) in [5.41, 5.74) is 2.72. The standard InChI is InChI=1S/C25H29ClN2O4/c1-5-29-20-11-7-18(8-12-20)15-31-24-22(17(3)4)23(26)27-25(28-24)32-16-19-9-13-21(14-10-19)30-6-2/h7-14,17H,5-6,15-16H2,1-4H3. The first-order valence-electron chi connectivity index (χ1n) is 10.8. The van der Waals surface area contributed by atoms with Gasteiger partial charge in [0.2, 0.25) is 5.88 Å². The molecular weight excluding hydrogens is 428 g/mol. The number of hydrogen-bond acceptors (Lipinski definition) is 6. The highest BCUT2D eigenvalue weighted by molar-refractivity contribution is 6.30. The van der Waals surface area contributed by atoms with Gasteiger partial charge in [0.05, 0.1) is 18.8 Å². The van der Waals surface area contributed by atoms with Crippen molar-refractivity contribution in [2.24, 2.45) is 0 Å². The van der Waals surface area contributed by atoms with E-state index < -0.39 is 0 Å². The van der Waals surface area contributed by atoms with Gasteiger partial charge in [0.25, 0.3) is 0 Å². The van der Waals surface area contributed by atoms with Gasteiger partial charge in [-0.15, -0.1) is 0 Å². The zero-order chi connectivity index (χ0) is 22.9. The van der Waals surface area contributed by atoms with Crippen molar-refractivity contribution >= 4 is 11.6 Å². The van der Waals surface area contributed by atoms with Crippen molar-refractivity contribution in [2.75, 3.05) is 13.2 Å². The second kappa shape index (κ2) is 11.6. The highest BCUT2D eigenvalue weighted by Gasteiger charge is 2.18. The maximum atomic E-state index is 6.46. The molecule has 0 aliphatic rings. The summed E-state index contributed by atoms with van der Waals surface area (Å²) in [7, 11) is 0. The molecule has 6 nitrogen and oxygen atoms in total. The number of hydrogen-bond donors (Lipinski definition) is 0. The van der Waals surface area contributed by atoms with E-state index in [1.54, 1.807) is 0 Å². The second-order valence-corrected chi connectivity index (χ2v) is 7.76. The van der Waals surface area contributed by atoms with Gasteiger partial charge in [-0.2, -0.15) is 9.97 Å². The highest BCUT2D eigenvalue weighted by atomic mass is 35.5. The lowest BCUT2D eigenvalue weighted by atomic mass is 10.1. The van der Waals surface area contributed by atoms with Crippen molar-refractivity contribution in [2.45, 2.75) is 46.8 Å². The molecule has 2 aromatic carbocycles. The average molecular weight is 457 g/mol. The summed E-state index contributed by atoms with van der Waals surface area (Å²) in [6.45, 7) is 9.87. The quantitative estimate of drug-likeness (QED) is 0.320. The SMILES string of the molecule is CCOc1ccc(COc2nc(Cl)c(C(C)C)c(OCc3ccc(OCC)cc3)n2)cc1. The van der Waals surface area contributed by atoms with Crippen LogP contribution < -0.4 is 18.9 Å². The molecule has 0 spiro atoms. The Balaban J connectivity index is 1.71. The maximum absolute atomic E-state index is 6.46. The first-order chi connectivity index (χ1) is 15.5. The van der Waals surface area contributed by atoms with E-state index in [1.807, 2.05) is 76.2 Å². The Hall–Kier alpha value is -2.99. The third kappa shape index (κ3) is 6.50. The van der Waals surface area contributed by atoms with Crippen molar-refractivity contribution in [1.82, 2.24) is 9.97 Å². The zero-order valence-electron chi connectivity index (χ0n) is 18.9. The van der Waals surface area contributed by atoms with Gasteiger partial charge in [0, 0.05) is 0 Å². The Morgan fingerprint density at radius 3 is 1.69 bits per heavy atom. The second-order valence-electron chi connectivity index (χ2n) is 7.40. The molecular formula is C25H29ClN2O4. The lowest BCUT2D eigenvalue weighted by Gasteiger charge is -2.16. The Morgan fingerprint density at radius 1 is 0.719 bits per heavy atom. The predicted octanol–water partition coefficient (Wildman–Crippen LogP) is 6.21. The van der Waals surface area contributed by atoms with Crippen LogP contribution in [0.1, 0.15) is 50.3 Å². The number of nitrogens with zero attached hydrogens (tertiary/aromatic N) is 2. The number of aromatic nitrogens is 2. The van der Waals surface area contributed by atoms with Crippen LogP contribution in [0.25, 0.3) is 0 Å². The van der Waals surface area contributed by atoms with E-state index in [0.29, 0.717) is 37.5 Å². The molecule has 0 atom stereocenters. The van der Waals surface area contributed by atoms with Gasteiger partial charge in [-0.3, -0.25) is 0 Å². The maximum Gasteiger partial charge on any atom is 0.321 e. The molecule has 0 saturated heterocycles. The Labute approximate surface area is 194 Å². The molecule has 3 rings (SSSR count). The first kappa shape index (κ1) is 23.7. The fourth-order valence-electron chi connectivity index (χ4n) is 3.06. The smallest absolute Gasteiger partial charge is 0.321 e. The van der Waals surface area contributed by atoms with Crippen LogP contribution in [0.3, 0.4) is 0 Å². The third-order valence-corrected chi connectivity index (χ3v) is 4.92. The summed E-state index contributed by atoms with van der Waals surface area (Å²) >= 11 is 6.46. The fourth-order valence-corrected chi connectivity index (χ4v) is 3.43. The largest absolute Gasteiger partial charge is 0.494 e.